The first-order valence-corrected chi connectivity index (χ1v) is 8.03. The van der Waals surface area contributed by atoms with E-state index in [1.165, 1.54) is 19.3 Å². The molecular formula is C13H13N5O5S. The minimum absolute atomic E-state index is 0.261. The predicted molar refractivity (Wildman–Crippen MR) is 85.4 cm³/mol. The van der Waals surface area contributed by atoms with Gasteiger partial charge in [0.15, 0.2) is 4.90 Å². The van der Waals surface area contributed by atoms with E-state index in [1.807, 2.05) is 0 Å². The van der Waals surface area contributed by atoms with Crippen molar-refractivity contribution in [3.8, 4) is 0 Å². The first-order valence-electron chi connectivity index (χ1n) is 6.54. The number of nitrogens with zero attached hydrogens (tertiary/aromatic N) is 2. The molecule has 0 radical (unpaired) electrons. The quantitative estimate of drug-likeness (QED) is 0.545. The molecule has 0 aliphatic heterocycles. The van der Waals surface area contributed by atoms with Crippen molar-refractivity contribution < 1.29 is 18.1 Å². The van der Waals surface area contributed by atoms with Gasteiger partial charge >= 0.3 is 6.03 Å². The molecular weight excluding hydrogens is 338 g/mol. The summed E-state index contributed by atoms with van der Waals surface area (Å²) in [6, 6.07) is 7.47. The fraction of sp³-hybridized carbons (Fsp3) is 0.0769. The van der Waals surface area contributed by atoms with Crippen LogP contribution in [0.4, 0.5) is 22.0 Å². The molecule has 126 valence electrons. The van der Waals surface area contributed by atoms with Crippen LogP contribution in [0, 0.1) is 10.1 Å². The molecule has 1 aromatic heterocycles. The van der Waals surface area contributed by atoms with Crippen LogP contribution in [0.2, 0.25) is 0 Å². The van der Waals surface area contributed by atoms with Crippen molar-refractivity contribution in [1.29, 1.82) is 0 Å². The van der Waals surface area contributed by atoms with Crippen molar-refractivity contribution in [2.24, 2.45) is 0 Å². The van der Waals surface area contributed by atoms with E-state index in [9.17, 15) is 23.3 Å². The van der Waals surface area contributed by atoms with Gasteiger partial charge in [-0.05, 0) is 24.3 Å². The number of aromatic nitrogens is 1. The lowest BCUT2D eigenvalue weighted by Gasteiger charge is -2.10. The lowest BCUT2D eigenvalue weighted by Crippen LogP contribution is -2.37. The van der Waals surface area contributed by atoms with Crippen molar-refractivity contribution in [3.05, 3.63) is 52.7 Å². The lowest BCUT2D eigenvalue weighted by molar-refractivity contribution is -0.387. The Morgan fingerprint density at radius 3 is 2.58 bits per heavy atom. The summed E-state index contributed by atoms with van der Waals surface area (Å²) in [6.45, 7) is 0. The average molecular weight is 351 g/mol. The van der Waals surface area contributed by atoms with Gasteiger partial charge < -0.3 is 10.6 Å². The van der Waals surface area contributed by atoms with Gasteiger partial charge in [-0.25, -0.2) is 22.9 Å². The number of hydrogen-bond donors (Lipinski definition) is 3. The second-order valence-electron chi connectivity index (χ2n) is 4.46. The predicted octanol–water partition coefficient (Wildman–Crippen LogP) is 1.35. The number of anilines is 2. The highest BCUT2D eigenvalue weighted by atomic mass is 32.2. The fourth-order valence-corrected chi connectivity index (χ4v) is 2.93. The normalized spacial score (nSPS) is 10.7. The molecule has 11 heteroatoms. The fourth-order valence-electron chi connectivity index (χ4n) is 1.77. The molecule has 1 aromatic carbocycles. The lowest BCUT2D eigenvalue weighted by atomic mass is 10.3. The number of hydrogen-bond acceptors (Lipinski definition) is 7. The van der Waals surface area contributed by atoms with Gasteiger partial charge in [0.05, 0.1) is 4.92 Å². The Kier molecular flexibility index (Phi) is 4.94. The maximum Gasteiger partial charge on any atom is 0.328 e. The van der Waals surface area contributed by atoms with Crippen LogP contribution in [0.15, 0.2) is 47.5 Å². The Morgan fingerprint density at radius 2 is 2.00 bits per heavy atom. The number of nitrogens with one attached hydrogen (secondary N) is 3. The van der Waals surface area contributed by atoms with Crippen LogP contribution in [-0.2, 0) is 10.0 Å². The van der Waals surface area contributed by atoms with Crippen molar-refractivity contribution in [3.63, 3.8) is 0 Å². The monoisotopic (exact) mass is 351 g/mol. The number of nitro benzene ring substituents is 1. The minimum atomic E-state index is -4.43. The van der Waals surface area contributed by atoms with Crippen LogP contribution >= 0.6 is 0 Å². The second-order valence-corrected chi connectivity index (χ2v) is 6.12. The van der Waals surface area contributed by atoms with E-state index in [-0.39, 0.29) is 5.69 Å². The number of urea groups is 1. The molecule has 0 aliphatic rings. The van der Waals surface area contributed by atoms with Crippen LogP contribution in [0.5, 0.6) is 0 Å². The van der Waals surface area contributed by atoms with Gasteiger partial charge in [0.25, 0.3) is 15.7 Å². The number of carbonyl (C=O) groups is 1. The summed E-state index contributed by atoms with van der Waals surface area (Å²) < 4.78 is 26.1. The Morgan fingerprint density at radius 1 is 1.25 bits per heavy atom. The third-order valence-corrected chi connectivity index (χ3v) is 4.20. The Balaban J connectivity index is 2.45. The SMILES string of the molecule is CNC(=O)NS(=O)(=O)c1cc(Nc2ccccn2)ccc1[N+](=O)[O-]. The summed E-state index contributed by atoms with van der Waals surface area (Å²) >= 11 is 0. The zero-order valence-electron chi connectivity index (χ0n) is 12.4. The number of pyridine rings is 1. The number of nitro groups is 1. The molecule has 0 aliphatic carbocycles. The summed E-state index contributed by atoms with van der Waals surface area (Å²) in [5.41, 5.74) is -0.394. The molecule has 0 fully saturated rings. The van der Waals surface area contributed by atoms with Gasteiger partial charge in [-0.1, -0.05) is 6.07 Å². The van der Waals surface area contributed by atoms with Crippen LogP contribution in [0.1, 0.15) is 0 Å². The summed E-state index contributed by atoms with van der Waals surface area (Å²) in [5, 5.41) is 16.0. The van der Waals surface area contributed by atoms with Crippen LogP contribution in [0.3, 0.4) is 0 Å². The summed E-state index contributed by atoms with van der Waals surface area (Å²) in [5.74, 6) is 0.425. The van der Waals surface area contributed by atoms with Gasteiger partial charge in [-0.2, -0.15) is 0 Å². The van der Waals surface area contributed by atoms with E-state index >= 15 is 0 Å². The molecule has 2 rings (SSSR count). The van der Waals surface area contributed by atoms with Crippen LogP contribution < -0.4 is 15.4 Å². The zero-order chi connectivity index (χ0) is 17.7. The topological polar surface area (TPSA) is 143 Å². The second kappa shape index (κ2) is 6.91. The van der Waals surface area contributed by atoms with Crippen molar-refractivity contribution in [2.45, 2.75) is 4.90 Å². The van der Waals surface area contributed by atoms with E-state index < -0.39 is 31.6 Å². The van der Waals surface area contributed by atoms with Gasteiger partial charge in [-0.3, -0.25) is 10.1 Å². The standard InChI is InChI=1S/C13H13N5O5S/c1-14-13(19)17-24(22,23)11-8-9(5-6-10(11)18(20)21)16-12-4-2-3-7-15-12/h2-8H,1H3,(H,15,16)(H2,14,17,19). The van der Waals surface area contributed by atoms with Crippen LogP contribution in [-0.4, -0.2) is 31.4 Å². The van der Waals surface area contributed by atoms with Crippen LogP contribution in [0.25, 0.3) is 0 Å². The number of amides is 2. The molecule has 0 saturated carbocycles. The van der Waals surface area contributed by atoms with Crippen molar-refractivity contribution in [1.82, 2.24) is 15.0 Å². The average Bonchev–Trinajstić information content (AvgIpc) is 2.55. The number of benzene rings is 1. The highest BCUT2D eigenvalue weighted by Gasteiger charge is 2.27. The smallest absolute Gasteiger partial charge is 0.328 e. The number of rotatable bonds is 5. The Bertz CT molecular complexity index is 870. The molecule has 1 heterocycles. The third kappa shape index (κ3) is 3.95. The van der Waals surface area contributed by atoms with Gasteiger partial charge in [0.2, 0.25) is 0 Å². The van der Waals surface area contributed by atoms with E-state index in [0.29, 0.717) is 5.82 Å². The molecule has 2 amide bonds. The molecule has 0 bridgehead atoms. The largest absolute Gasteiger partial charge is 0.340 e. The van der Waals surface area contributed by atoms with Gasteiger partial charge in [-0.15, -0.1) is 0 Å². The maximum absolute atomic E-state index is 12.2. The molecule has 24 heavy (non-hydrogen) atoms. The number of sulfonamides is 1. The minimum Gasteiger partial charge on any atom is -0.340 e. The zero-order valence-corrected chi connectivity index (χ0v) is 13.2. The molecule has 10 nitrogen and oxygen atoms in total. The molecule has 0 spiro atoms. The Hall–Kier alpha value is -3.21. The van der Waals surface area contributed by atoms with Gasteiger partial charge in [0, 0.05) is 25.0 Å². The maximum atomic E-state index is 12.2. The first-order chi connectivity index (χ1) is 11.3. The van der Waals surface area contributed by atoms with E-state index in [0.717, 1.165) is 12.1 Å². The third-order valence-electron chi connectivity index (χ3n) is 2.84. The molecule has 3 N–H and O–H groups in total. The van der Waals surface area contributed by atoms with E-state index in [2.05, 4.69) is 15.6 Å². The summed E-state index contributed by atoms with van der Waals surface area (Å²) in [7, 11) is -3.21. The molecule has 0 unspecified atom stereocenters. The molecule has 0 saturated heterocycles. The first kappa shape index (κ1) is 17.1. The van der Waals surface area contributed by atoms with Crippen molar-refractivity contribution >= 4 is 33.2 Å². The highest BCUT2D eigenvalue weighted by Crippen LogP contribution is 2.28. The van der Waals surface area contributed by atoms with Crippen molar-refractivity contribution in [2.75, 3.05) is 12.4 Å². The summed E-state index contributed by atoms with van der Waals surface area (Å²) in [4.78, 5) is 24.9. The summed E-state index contributed by atoms with van der Waals surface area (Å²) in [6.07, 6.45) is 1.53. The highest BCUT2D eigenvalue weighted by molar-refractivity contribution is 7.90. The molecule has 0 atom stereocenters. The van der Waals surface area contributed by atoms with Gasteiger partial charge in [0.1, 0.15) is 5.82 Å². The molecule has 2 aromatic rings. The number of carbonyl (C=O) groups excluding carboxylic acids is 1. The van der Waals surface area contributed by atoms with E-state index in [1.54, 1.807) is 22.9 Å². The van der Waals surface area contributed by atoms with E-state index in [4.69, 9.17) is 0 Å². The Labute approximate surface area is 137 Å².